The summed E-state index contributed by atoms with van der Waals surface area (Å²) < 4.78 is 36.7. The van der Waals surface area contributed by atoms with Gasteiger partial charge in [0.2, 0.25) is 10.0 Å². The van der Waals surface area contributed by atoms with Crippen LogP contribution in [-0.4, -0.2) is 58.3 Å². The quantitative estimate of drug-likeness (QED) is 0.705. The minimum absolute atomic E-state index is 0.282. The van der Waals surface area contributed by atoms with Crippen molar-refractivity contribution in [3.63, 3.8) is 0 Å². The first-order valence-electron chi connectivity index (χ1n) is 8.61. The molecule has 140 valence electrons. The summed E-state index contributed by atoms with van der Waals surface area (Å²) in [5.41, 5.74) is 0.954. The predicted octanol–water partition coefficient (Wildman–Crippen LogP) is 1.78. The second-order valence-corrected chi connectivity index (χ2v) is 7.76. The number of ether oxygens (including phenoxy) is 2. The van der Waals surface area contributed by atoms with Gasteiger partial charge in [-0.05, 0) is 30.5 Å². The molecule has 0 bridgehead atoms. The van der Waals surface area contributed by atoms with Crippen molar-refractivity contribution in [2.24, 2.45) is 0 Å². The number of hydrogen-bond donors (Lipinski definition) is 1. The van der Waals surface area contributed by atoms with Crippen molar-refractivity contribution >= 4 is 16.1 Å². The number of morpholine rings is 1. The summed E-state index contributed by atoms with van der Waals surface area (Å²) >= 11 is 0. The maximum absolute atomic E-state index is 12.5. The second-order valence-electron chi connectivity index (χ2n) is 5.83. The van der Waals surface area contributed by atoms with E-state index in [1.807, 2.05) is 6.92 Å². The van der Waals surface area contributed by atoms with Crippen molar-refractivity contribution in [3.05, 3.63) is 29.8 Å². The van der Waals surface area contributed by atoms with E-state index in [2.05, 4.69) is 5.32 Å². The Labute approximate surface area is 149 Å². The fraction of sp³-hybridized carbons (Fsp3) is 0.588. The van der Waals surface area contributed by atoms with Gasteiger partial charge in [0.05, 0.1) is 24.7 Å². The van der Waals surface area contributed by atoms with Gasteiger partial charge in [0.15, 0.2) is 0 Å². The van der Waals surface area contributed by atoms with E-state index < -0.39 is 16.1 Å². The van der Waals surface area contributed by atoms with E-state index in [1.165, 1.54) is 4.31 Å². The number of carbonyl (C=O) groups excluding carboxylic acids is 1. The van der Waals surface area contributed by atoms with Crippen LogP contribution in [0.5, 0.6) is 0 Å². The van der Waals surface area contributed by atoms with Gasteiger partial charge in [0, 0.05) is 19.6 Å². The van der Waals surface area contributed by atoms with Crippen LogP contribution >= 0.6 is 0 Å². The molecule has 1 aromatic rings. The van der Waals surface area contributed by atoms with Crippen molar-refractivity contribution in [2.75, 3.05) is 39.5 Å². The average molecular weight is 370 g/mol. The van der Waals surface area contributed by atoms with E-state index in [0.717, 1.165) is 18.4 Å². The molecule has 1 aliphatic heterocycles. The molecule has 2 rings (SSSR count). The Balaban J connectivity index is 1.82. The minimum Gasteiger partial charge on any atom is -0.450 e. The third-order valence-corrected chi connectivity index (χ3v) is 5.86. The van der Waals surface area contributed by atoms with Crippen LogP contribution in [-0.2, 0) is 25.9 Å². The van der Waals surface area contributed by atoms with Crippen molar-refractivity contribution < 1.29 is 22.7 Å². The van der Waals surface area contributed by atoms with Gasteiger partial charge in [0.1, 0.15) is 0 Å². The summed E-state index contributed by atoms with van der Waals surface area (Å²) in [6, 6.07) is 6.77. The van der Waals surface area contributed by atoms with Crippen molar-refractivity contribution in [1.29, 1.82) is 0 Å². The van der Waals surface area contributed by atoms with E-state index in [9.17, 15) is 13.2 Å². The molecule has 1 fully saturated rings. The summed E-state index contributed by atoms with van der Waals surface area (Å²) in [5, 5.41) is 2.69. The second kappa shape index (κ2) is 9.74. The predicted molar refractivity (Wildman–Crippen MR) is 94.0 cm³/mol. The van der Waals surface area contributed by atoms with Crippen molar-refractivity contribution in [1.82, 2.24) is 9.62 Å². The van der Waals surface area contributed by atoms with Gasteiger partial charge in [-0.25, -0.2) is 13.2 Å². The van der Waals surface area contributed by atoms with Gasteiger partial charge in [0.25, 0.3) is 0 Å². The number of hydrogen-bond acceptors (Lipinski definition) is 5. The third-order valence-electron chi connectivity index (χ3n) is 3.95. The van der Waals surface area contributed by atoms with Gasteiger partial charge < -0.3 is 14.8 Å². The van der Waals surface area contributed by atoms with E-state index in [0.29, 0.717) is 45.9 Å². The summed E-state index contributed by atoms with van der Waals surface area (Å²) in [6.07, 6.45) is 2.03. The van der Waals surface area contributed by atoms with Crippen LogP contribution < -0.4 is 5.32 Å². The molecule has 1 amide bonds. The largest absolute Gasteiger partial charge is 0.450 e. The van der Waals surface area contributed by atoms with Crippen LogP contribution in [0.4, 0.5) is 4.79 Å². The average Bonchev–Trinajstić information content (AvgIpc) is 2.63. The van der Waals surface area contributed by atoms with Gasteiger partial charge in [-0.2, -0.15) is 4.31 Å². The highest BCUT2D eigenvalue weighted by molar-refractivity contribution is 7.89. The van der Waals surface area contributed by atoms with E-state index >= 15 is 0 Å². The van der Waals surface area contributed by atoms with Crippen LogP contribution in [0.25, 0.3) is 0 Å². The molecule has 0 aromatic heterocycles. The van der Waals surface area contributed by atoms with Gasteiger partial charge in [-0.15, -0.1) is 0 Å². The topological polar surface area (TPSA) is 84.9 Å². The summed E-state index contributed by atoms with van der Waals surface area (Å²) in [6.45, 7) is 4.53. The summed E-state index contributed by atoms with van der Waals surface area (Å²) in [5.74, 6) is 0. The molecule has 0 atom stereocenters. The monoisotopic (exact) mass is 370 g/mol. The van der Waals surface area contributed by atoms with Crippen LogP contribution in [0.2, 0.25) is 0 Å². The van der Waals surface area contributed by atoms with Crippen LogP contribution in [0.1, 0.15) is 25.3 Å². The number of amides is 1. The molecule has 0 saturated carbocycles. The normalized spacial score (nSPS) is 15.7. The highest BCUT2D eigenvalue weighted by atomic mass is 32.2. The van der Waals surface area contributed by atoms with E-state index in [-0.39, 0.29) is 4.90 Å². The van der Waals surface area contributed by atoms with Crippen molar-refractivity contribution in [2.45, 2.75) is 31.1 Å². The first kappa shape index (κ1) is 19.7. The standard InChI is InChI=1S/C17H26N2O5S/c1-2-3-12-24-17(20)18-9-8-15-4-6-16(7-5-15)25(21,22)19-10-13-23-14-11-19/h4-7H,2-3,8-14H2,1H3,(H,18,20). The molecule has 1 aromatic carbocycles. The number of rotatable bonds is 8. The maximum atomic E-state index is 12.5. The Morgan fingerprint density at radius 2 is 1.92 bits per heavy atom. The number of unbranched alkanes of at least 4 members (excludes halogenated alkanes) is 1. The molecule has 8 heteroatoms. The lowest BCUT2D eigenvalue weighted by Gasteiger charge is -2.26. The number of alkyl carbamates (subject to hydrolysis) is 1. The Kier molecular flexibility index (Phi) is 7.67. The zero-order valence-corrected chi connectivity index (χ0v) is 15.4. The number of nitrogens with one attached hydrogen (secondary N) is 1. The molecular weight excluding hydrogens is 344 g/mol. The molecule has 1 heterocycles. The lowest BCUT2D eigenvalue weighted by atomic mass is 10.1. The highest BCUT2D eigenvalue weighted by Gasteiger charge is 2.25. The zero-order chi connectivity index (χ0) is 18.1. The van der Waals surface area contributed by atoms with Gasteiger partial charge >= 0.3 is 6.09 Å². The molecule has 1 aliphatic rings. The lowest BCUT2D eigenvalue weighted by molar-refractivity contribution is 0.0730. The third kappa shape index (κ3) is 5.98. The SMILES string of the molecule is CCCCOC(=O)NCCc1ccc(S(=O)(=O)N2CCOCC2)cc1. The molecule has 1 N–H and O–H groups in total. The van der Waals surface area contributed by atoms with Crippen LogP contribution in [0.3, 0.4) is 0 Å². The van der Waals surface area contributed by atoms with E-state index in [1.54, 1.807) is 24.3 Å². The number of nitrogens with zero attached hydrogens (tertiary/aromatic N) is 1. The molecular formula is C17H26N2O5S. The molecule has 7 nitrogen and oxygen atoms in total. The maximum Gasteiger partial charge on any atom is 0.407 e. The first-order valence-corrected chi connectivity index (χ1v) is 10.1. The number of carbonyl (C=O) groups is 1. The zero-order valence-electron chi connectivity index (χ0n) is 14.6. The fourth-order valence-electron chi connectivity index (χ4n) is 2.43. The summed E-state index contributed by atoms with van der Waals surface area (Å²) in [4.78, 5) is 11.7. The molecule has 25 heavy (non-hydrogen) atoms. The molecule has 0 aliphatic carbocycles. The highest BCUT2D eigenvalue weighted by Crippen LogP contribution is 2.17. The molecule has 0 spiro atoms. The Morgan fingerprint density at radius 3 is 2.56 bits per heavy atom. The summed E-state index contributed by atoms with van der Waals surface area (Å²) in [7, 11) is -3.46. The number of sulfonamides is 1. The van der Waals surface area contributed by atoms with Crippen molar-refractivity contribution in [3.8, 4) is 0 Å². The van der Waals surface area contributed by atoms with Crippen LogP contribution in [0.15, 0.2) is 29.2 Å². The smallest absolute Gasteiger partial charge is 0.407 e. The Hall–Kier alpha value is -1.64. The van der Waals surface area contributed by atoms with E-state index in [4.69, 9.17) is 9.47 Å². The fourth-order valence-corrected chi connectivity index (χ4v) is 3.84. The van der Waals surface area contributed by atoms with Crippen LogP contribution in [0, 0.1) is 0 Å². The first-order chi connectivity index (χ1) is 12.0. The Morgan fingerprint density at radius 1 is 1.24 bits per heavy atom. The van der Waals surface area contributed by atoms with Gasteiger partial charge in [-0.1, -0.05) is 25.5 Å². The Bertz CT molecular complexity index is 640. The number of benzene rings is 1. The minimum atomic E-state index is -3.46. The molecule has 1 saturated heterocycles. The molecule has 0 radical (unpaired) electrons. The molecule has 0 unspecified atom stereocenters. The lowest BCUT2D eigenvalue weighted by Crippen LogP contribution is -2.40. The van der Waals surface area contributed by atoms with Gasteiger partial charge in [-0.3, -0.25) is 0 Å².